The SMILES string of the molecule is Cc1cc(I)ccc1[C@H]1COCCN1. The van der Waals surface area contributed by atoms with Crippen molar-refractivity contribution in [1.82, 2.24) is 5.32 Å². The fraction of sp³-hybridized carbons (Fsp3) is 0.455. The maximum Gasteiger partial charge on any atom is 0.0662 e. The summed E-state index contributed by atoms with van der Waals surface area (Å²) >= 11 is 2.34. The number of hydrogen-bond donors (Lipinski definition) is 1. The lowest BCUT2D eigenvalue weighted by Crippen LogP contribution is -2.34. The zero-order chi connectivity index (χ0) is 9.97. The molecule has 1 aromatic carbocycles. The maximum atomic E-state index is 5.46. The number of halogens is 1. The quantitative estimate of drug-likeness (QED) is 0.804. The first kappa shape index (κ1) is 10.4. The first-order chi connectivity index (χ1) is 6.77. The van der Waals surface area contributed by atoms with Gasteiger partial charge in [-0.3, -0.25) is 0 Å². The normalized spacial score (nSPS) is 22.3. The van der Waals surface area contributed by atoms with Crippen LogP contribution in [-0.4, -0.2) is 19.8 Å². The van der Waals surface area contributed by atoms with Gasteiger partial charge in [-0.2, -0.15) is 0 Å². The van der Waals surface area contributed by atoms with Crippen LogP contribution in [0.1, 0.15) is 17.2 Å². The van der Waals surface area contributed by atoms with E-state index in [9.17, 15) is 0 Å². The van der Waals surface area contributed by atoms with E-state index in [1.54, 1.807) is 0 Å². The molecule has 1 fully saturated rings. The summed E-state index contributed by atoms with van der Waals surface area (Å²) in [6.45, 7) is 4.74. The number of nitrogens with one attached hydrogen (secondary N) is 1. The Morgan fingerprint density at radius 2 is 2.36 bits per heavy atom. The van der Waals surface area contributed by atoms with Crippen LogP contribution in [0.4, 0.5) is 0 Å². The van der Waals surface area contributed by atoms with Crippen molar-refractivity contribution < 1.29 is 4.74 Å². The van der Waals surface area contributed by atoms with E-state index in [4.69, 9.17) is 4.74 Å². The van der Waals surface area contributed by atoms with Gasteiger partial charge >= 0.3 is 0 Å². The second kappa shape index (κ2) is 4.59. The lowest BCUT2D eigenvalue weighted by Gasteiger charge is -2.25. The Kier molecular flexibility index (Phi) is 3.41. The first-order valence-corrected chi connectivity index (χ1v) is 5.92. The number of benzene rings is 1. The first-order valence-electron chi connectivity index (χ1n) is 4.84. The van der Waals surface area contributed by atoms with Gasteiger partial charge in [0.2, 0.25) is 0 Å². The van der Waals surface area contributed by atoms with Crippen molar-refractivity contribution in [2.24, 2.45) is 0 Å². The molecule has 0 bridgehead atoms. The van der Waals surface area contributed by atoms with E-state index >= 15 is 0 Å². The third-order valence-electron chi connectivity index (χ3n) is 2.53. The van der Waals surface area contributed by atoms with E-state index in [0.717, 1.165) is 19.8 Å². The van der Waals surface area contributed by atoms with Gasteiger partial charge in [0.1, 0.15) is 0 Å². The topological polar surface area (TPSA) is 21.3 Å². The highest BCUT2D eigenvalue weighted by Gasteiger charge is 2.16. The largest absolute Gasteiger partial charge is 0.378 e. The molecule has 2 rings (SSSR count). The molecule has 0 amide bonds. The smallest absolute Gasteiger partial charge is 0.0662 e. The average molecular weight is 303 g/mol. The molecular weight excluding hydrogens is 289 g/mol. The van der Waals surface area contributed by atoms with Crippen LogP contribution in [0.3, 0.4) is 0 Å². The fourth-order valence-electron chi connectivity index (χ4n) is 1.80. The second-order valence-electron chi connectivity index (χ2n) is 3.58. The van der Waals surface area contributed by atoms with E-state index < -0.39 is 0 Å². The average Bonchev–Trinajstić information content (AvgIpc) is 2.19. The minimum absolute atomic E-state index is 0.376. The molecule has 1 N–H and O–H groups in total. The Morgan fingerprint density at radius 3 is 3.00 bits per heavy atom. The summed E-state index contributed by atoms with van der Waals surface area (Å²) in [4.78, 5) is 0. The molecule has 2 nitrogen and oxygen atoms in total. The number of morpholine rings is 1. The molecule has 0 spiro atoms. The molecular formula is C11H14INO. The zero-order valence-electron chi connectivity index (χ0n) is 8.22. The van der Waals surface area contributed by atoms with Crippen LogP contribution in [0.2, 0.25) is 0 Å². The molecule has 0 unspecified atom stereocenters. The highest BCUT2D eigenvalue weighted by Crippen LogP contribution is 2.21. The van der Waals surface area contributed by atoms with E-state index in [1.165, 1.54) is 14.7 Å². The minimum Gasteiger partial charge on any atom is -0.378 e. The summed E-state index contributed by atoms with van der Waals surface area (Å²) < 4.78 is 6.75. The number of ether oxygens (including phenoxy) is 1. The number of hydrogen-bond acceptors (Lipinski definition) is 2. The summed E-state index contributed by atoms with van der Waals surface area (Å²) in [5, 5.41) is 3.47. The van der Waals surface area contributed by atoms with Gasteiger partial charge in [0, 0.05) is 10.1 Å². The molecule has 76 valence electrons. The predicted octanol–water partition coefficient (Wildman–Crippen LogP) is 2.26. The molecule has 3 heteroatoms. The lowest BCUT2D eigenvalue weighted by molar-refractivity contribution is 0.0767. The van der Waals surface area contributed by atoms with Gasteiger partial charge in [0.15, 0.2) is 0 Å². The van der Waals surface area contributed by atoms with Crippen LogP contribution < -0.4 is 5.32 Å². The summed E-state index contributed by atoms with van der Waals surface area (Å²) in [5.41, 5.74) is 2.71. The van der Waals surface area contributed by atoms with Gasteiger partial charge < -0.3 is 10.1 Å². The van der Waals surface area contributed by atoms with Crippen LogP contribution in [0, 0.1) is 10.5 Å². The summed E-state index contributed by atoms with van der Waals surface area (Å²) in [6, 6.07) is 6.94. The van der Waals surface area contributed by atoms with E-state index in [2.05, 4.69) is 53.0 Å². The van der Waals surface area contributed by atoms with Gasteiger partial charge in [0.05, 0.1) is 19.3 Å². The molecule has 1 aliphatic rings. The molecule has 1 saturated heterocycles. The second-order valence-corrected chi connectivity index (χ2v) is 4.83. The molecule has 14 heavy (non-hydrogen) atoms. The van der Waals surface area contributed by atoms with Crippen molar-refractivity contribution in [3.63, 3.8) is 0 Å². The van der Waals surface area contributed by atoms with Crippen LogP contribution in [0.15, 0.2) is 18.2 Å². The zero-order valence-corrected chi connectivity index (χ0v) is 10.4. The Balaban J connectivity index is 2.22. The highest BCUT2D eigenvalue weighted by atomic mass is 127. The van der Waals surface area contributed by atoms with Crippen LogP contribution in [0.25, 0.3) is 0 Å². The van der Waals surface area contributed by atoms with E-state index in [0.29, 0.717) is 6.04 Å². The molecule has 1 heterocycles. The van der Waals surface area contributed by atoms with Crippen LogP contribution >= 0.6 is 22.6 Å². The van der Waals surface area contributed by atoms with Crippen molar-refractivity contribution in [2.75, 3.05) is 19.8 Å². The Labute approximate surface area is 98.2 Å². The monoisotopic (exact) mass is 303 g/mol. The van der Waals surface area contributed by atoms with Crippen molar-refractivity contribution >= 4 is 22.6 Å². The van der Waals surface area contributed by atoms with E-state index in [1.807, 2.05) is 0 Å². The lowest BCUT2D eigenvalue weighted by atomic mass is 10.0. The Bertz CT molecular complexity index is 321. The summed E-state index contributed by atoms with van der Waals surface area (Å²) in [6.07, 6.45) is 0. The van der Waals surface area contributed by atoms with Gasteiger partial charge in [0.25, 0.3) is 0 Å². The highest BCUT2D eigenvalue weighted by molar-refractivity contribution is 14.1. The third-order valence-corrected chi connectivity index (χ3v) is 3.20. The maximum absolute atomic E-state index is 5.46. The Morgan fingerprint density at radius 1 is 1.50 bits per heavy atom. The Hall–Kier alpha value is -0.130. The summed E-state index contributed by atoms with van der Waals surface area (Å²) in [7, 11) is 0. The minimum atomic E-state index is 0.376. The number of rotatable bonds is 1. The van der Waals surface area contributed by atoms with Crippen molar-refractivity contribution in [3.8, 4) is 0 Å². The number of aryl methyl sites for hydroxylation is 1. The molecule has 0 aromatic heterocycles. The third kappa shape index (κ3) is 2.27. The molecule has 0 radical (unpaired) electrons. The van der Waals surface area contributed by atoms with Crippen LogP contribution in [-0.2, 0) is 4.74 Å². The van der Waals surface area contributed by atoms with Gasteiger partial charge in [-0.1, -0.05) is 6.07 Å². The van der Waals surface area contributed by atoms with Crippen molar-refractivity contribution in [1.29, 1.82) is 0 Å². The van der Waals surface area contributed by atoms with Gasteiger partial charge in [-0.25, -0.2) is 0 Å². The molecule has 1 aromatic rings. The predicted molar refractivity (Wildman–Crippen MR) is 65.5 cm³/mol. The van der Waals surface area contributed by atoms with Crippen LogP contribution in [0.5, 0.6) is 0 Å². The van der Waals surface area contributed by atoms with E-state index in [-0.39, 0.29) is 0 Å². The molecule has 0 aliphatic carbocycles. The van der Waals surface area contributed by atoms with Crippen molar-refractivity contribution in [3.05, 3.63) is 32.9 Å². The fourth-order valence-corrected chi connectivity index (χ4v) is 2.44. The molecule has 1 aliphatic heterocycles. The standard InChI is InChI=1S/C11H14INO/c1-8-6-9(12)2-3-10(8)11-7-14-5-4-13-11/h2-3,6,11,13H,4-5,7H2,1H3/t11-/m1/s1. The van der Waals surface area contributed by atoms with Crippen molar-refractivity contribution in [2.45, 2.75) is 13.0 Å². The molecule has 0 saturated carbocycles. The molecule has 1 atom stereocenters. The van der Waals surface area contributed by atoms with Gasteiger partial charge in [-0.05, 0) is 52.8 Å². The van der Waals surface area contributed by atoms with Gasteiger partial charge in [-0.15, -0.1) is 0 Å². The summed E-state index contributed by atoms with van der Waals surface area (Å²) in [5.74, 6) is 0.